The Balaban J connectivity index is 0.00000193. The van der Waals surface area contributed by atoms with Gasteiger partial charge < -0.3 is 37.2 Å². The van der Waals surface area contributed by atoms with Gasteiger partial charge in [-0.3, -0.25) is 0 Å². The molecule has 1 aliphatic rings. The summed E-state index contributed by atoms with van der Waals surface area (Å²) in [7, 11) is 0. The second-order valence-electron chi connectivity index (χ2n) is 9.23. The Morgan fingerprint density at radius 1 is 0.676 bits per heavy atom. The maximum atomic E-state index is 2.43. The van der Waals surface area contributed by atoms with Crippen LogP contribution in [0, 0.1) is 26.7 Å². The van der Waals surface area contributed by atoms with Gasteiger partial charge in [0.05, 0.1) is 0 Å². The fourth-order valence-corrected chi connectivity index (χ4v) is 6.10. The summed E-state index contributed by atoms with van der Waals surface area (Å²) in [5.41, 5.74) is 10.7. The third kappa shape index (κ3) is 5.58. The van der Waals surface area contributed by atoms with E-state index in [0.29, 0.717) is 5.92 Å². The zero-order chi connectivity index (χ0) is 22.2. The SMILES string of the molecule is Cc1cccc(C(C2=C(C(C)C)[C]([Ti+3])=CC2)(c2cccc(C)c2)c2cccc(C)c2)c1.[Cl-].[Cl-].[Cl-]. The minimum atomic E-state index is -0.308. The van der Waals surface area contributed by atoms with Crippen molar-refractivity contribution in [3.8, 4) is 0 Å². The molecule has 0 atom stereocenters. The molecule has 0 heterocycles. The summed E-state index contributed by atoms with van der Waals surface area (Å²) in [4.78, 5) is 0. The van der Waals surface area contributed by atoms with Crippen LogP contribution in [-0.2, 0) is 25.9 Å². The average molecular weight is 546 g/mol. The molecule has 176 valence electrons. The van der Waals surface area contributed by atoms with E-state index in [-0.39, 0.29) is 42.6 Å². The van der Waals surface area contributed by atoms with Crippen molar-refractivity contribution < 1.29 is 57.7 Å². The Labute approximate surface area is 236 Å². The summed E-state index contributed by atoms with van der Waals surface area (Å²) in [6.45, 7) is 11.3. The molecule has 1 aliphatic carbocycles. The van der Waals surface area contributed by atoms with E-state index < -0.39 is 0 Å². The van der Waals surface area contributed by atoms with Crippen LogP contribution >= 0.6 is 0 Å². The largest absolute Gasteiger partial charge is 1.00 e. The molecule has 0 nitrogen and oxygen atoms in total. The molecule has 0 bridgehead atoms. The fourth-order valence-electron chi connectivity index (χ4n) is 5.26. The molecule has 0 fully saturated rings. The molecule has 3 aromatic carbocycles. The summed E-state index contributed by atoms with van der Waals surface area (Å²) in [6.07, 6.45) is 3.43. The fraction of sp³-hybridized carbons (Fsp3) is 0.267. The van der Waals surface area contributed by atoms with Crippen molar-refractivity contribution in [1.29, 1.82) is 0 Å². The molecule has 4 heteroatoms. The second-order valence-corrected chi connectivity index (χ2v) is 10.1. The van der Waals surface area contributed by atoms with Gasteiger partial charge in [-0.2, -0.15) is 0 Å². The Morgan fingerprint density at radius 2 is 1.06 bits per heavy atom. The molecule has 0 aromatic heterocycles. The standard InChI is InChI=1S/C30H31.3ClH.Ti/c1-21(2)28-16-9-17-29(28)30(25-13-6-10-22(3)18-25,26-14-7-11-23(4)19-26)27-15-8-12-24(5)20-27;;;;/h6-15,18-21H,17H2,1-5H3;3*1H;/q;;;;+3/p-3. The molecule has 0 unspecified atom stereocenters. The van der Waals surface area contributed by atoms with Gasteiger partial charge in [0.15, 0.2) is 0 Å². The molecule has 0 saturated heterocycles. The smallest absolute Gasteiger partial charge is 1.00 e. The molecule has 0 radical (unpaired) electrons. The number of rotatable bonds is 5. The monoisotopic (exact) mass is 544 g/mol. The number of aryl methyl sites for hydroxylation is 3. The molecular formula is C30H31Cl3Ti. The van der Waals surface area contributed by atoms with E-state index in [1.165, 1.54) is 48.4 Å². The van der Waals surface area contributed by atoms with Crippen molar-refractivity contribution in [3.63, 3.8) is 0 Å². The zero-order valence-corrected chi connectivity index (χ0v) is 24.3. The third-order valence-corrected chi connectivity index (χ3v) is 7.25. The van der Waals surface area contributed by atoms with Gasteiger partial charge in [0, 0.05) is 0 Å². The summed E-state index contributed by atoms with van der Waals surface area (Å²) >= 11 is 2.29. The van der Waals surface area contributed by atoms with Crippen LogP contribution in [0.25, 0.3) is 0 Å². The Bertz CT molecular complexity index is 1080. The van der Waals surface area contributed by atoms with Crippen LogP contribution < -0.4 is 37.2 Å². The van der Waals surface area contributed by atoms with E-state index in [9.17, 15) is 0 Å². The van der Waals surface area contributed by atoms with Crippen molar-refractivity contribution in [1.82, 2.24) is 0 Å². The van der Waals surface area contributed by atoms with Crippen LogP contribution in [-0.4, -0.2) is 0 Å². The van der Waals surface area contributed by atoms with Crippen LogP contribution in [0.1, 0.15) is 53.6 Å². The van der Waals surface area contributed by atoms with E-state index in [0.717, 1.165) is 6.42 Å². The molecule has 3 aromatic rings. The third-order valence-electron chi connectivity index (χ3n) is 6.51. The molecule has 0 aliphatic heterocycles. The first-order valence-electron chi connectivity index (χ1n) is 11.2. The van der Waals surface area contributed by atoms with Gasteiger partial charge in [-0.05, 0) is 0 Å². The van der Waals surface area contributed by atoms with Gasteiger partial charge in [0.25, 0.3) is 0 Å². The van der Waals surface area contributed by atoms with E-state index >= 15 is 0 Å². The maximum absolute atomic E-state index is 2.43. The molecular weight excluding hydrogens is 515 g/mol. The summed E-state index contributed by atoms with van der Waals surface area (Å²) in [5, 5.41) is 0. The first-order valence-corrected chi connectivity index (χ1v) is 12.0. The molecule has 0 amide bonds. The Hall–Kier alpha value is -1.28. The van der Waals surface area contributed by atoms with E-state index in [1.807, 2.05) is 0 Å². The number of hydrogen-bond donors (Lipinski definition) is 0. The summed E-state index contributed by atoms with van der Waals surface area (Å²) in [5.74, 6) is 0.479. The number of halogens is 3. The van der Waals surface area contributed by atoms with Crippen molar-refractivity contribution >= 4 is 0 Å². The van der Waals surface area contributed by atoms with Crippen molar-refractivity contribution in [3.05, 3.63) is 127 Å². The van der Waals surface area contributed by atoms with Gasteiger partial charge in [-0.1, -0.05) is 0 Å². The first kappa shape index (κ1) is 30.8. The predicted octanol–water partition coefficient (Wildman–Crippen LogP) is -1.25. The van der Waals surface area contributed by atoms with Crippen LogP contribution in [0.2, 0.25) is 0 Å². The van der Waals surface area contributed by atoms with E-state index in [1.54, 1.807) is 0 Å². The van der Waals surface area contributed by atoms with E-state index in [4.69, 9.17) is 0 Å². The average Bonchev–Trinajstić information content (AvgIpc) is 3.11. The Morgan fingerprint density at radius 3 is 1.38 bits per heavy atom. The first-order chi connectivity index (χ1) is 14.8. The number of allylic oxidation sites excluding steroid dienone is 4. The second kappa shape index (κ2) is 12.6. The minimum Gasteiger partial charge on any atom is -1.00 e. The number of hydrogen-bond acceptors (Lipinski definition) is 0. The van der Waals surface area contributed by atoms with Crippen molar-refractivity contribution in [2.24, 2.45) is 5.92 Å². The van der Waals surface area contributed by atoms with Gasteiger partial charge in [-0.25, -0.2) is 0 Å². The summed E-state index contributed by atoms with van der Waals surface area (Å²) < 4.78 is 1.43. The van der Waals surface area contributed by atoms with Gasteiger partial charge in [-0.15, -0.1) is 0 Å². The van der Waals surface area contributed by atoms with Crippen molar-refractivity contribution in [2.75, 3.05) is 0 Å². The number of benzene rings is 3. The molecule has 0 saturated carbocycles. The van der Waals surface area contributed by atoms with Gasteiger partial charge in [0.2, 0.25) is 0 Å². The molecule has 34 heavy (non-hydrogen) atoms. The van der Waals surface area contributed by atoms with Crippen LogP contribution in [0.15, 0.2) is 93.9 Å². The molecule has 0 N–H and O–H groups in total. The quantitative estimate of drug-likeness (QED) is 0.278. The summed E-state index contributed by atoms with van der Waals surface area (Å²) in [6, 6.07) is 27.4. The molecule has 0 spiro atoms. The maximum Gasteiger partial charge on any atom is -1.00 e. The topological polar surface area (TPSA) is 0 Å². The van der Waals surface area contributed by atoms with Crippen molar-refractivity contribution in [2.45, 2.75) is 46.5 Å². The Kier molecular flexibility index (Phi) is 11.4. The minimum absolute atomic E-state index is 0. The zero-order valence-electron chi connectivity index (χ0n) is 20.4. The van der Waals surface area contributed by atoms with Crippen LogP contribution in [0.3, 0.4) is 0 Å². The predicted molar refractivity (Wildman–Crippen MR) is 128 cm³/mol. The van der Waals surface area contributed by atoms with E-state index in [2.05, 4.69) is 134 Å². The molecule has 4 rings (SSSR count). The van der Waals surface area contributed by atoms with Crippen LogP contribution in [0.5, 0.6) is 0 Å². The van der Waals surface area contributed by atoms with Gasteiger partial charge >= 0.3 is 200 Å². The van der Waals surface area contributed by atoms with Gasteiger partial charge in [0.1, 0.15) is 0 Å². The van der Waals surface area contributed by atoms with Crippen LogP contribution in [0.4, 0.5) is 0 Å². The normalized spacial score (nSPS) is 13.1.